The number of para-hydroxylation sites is 1. The molecule has 0 bridgehead atoms. The molecule has 2 aromatic carbocycles. The van der Waals surface area contributed by atoms with Gasteiger partial charge in [0.05, 0.1) is 13.2 Å². The van der Waals surface area contributed by atoms with Gasteiger partial charge in [-0.1, -0.05) is 30.3 Å². The molecule has 1 aliphatic heterocycles. The van der Waals surface area contributed by atoms with E-state index in [0.29, 0.717) is 19.1 Å². The number of likely N-dealkylation sites (tertiary alicyclic amines) is 1. The van der Waals surface area contributed by atoms with Gasteiger partial charge in [0.15, 0.2) is 5.96 Å². The van der Waals surface area contributed by atoms with E-state index in [1.54, 1.807) is 7.11 Å². The lowest BCUT2D eigenvalue weighted by atomic mass is 10.2. The molecule has 0 spiro atoms. The summed E-state index contributed by atoms with van der Waals surface area (Å²) >= 11 is 0. The summed E-state index contributed by atoms with van der Waals surface area (Å²) in [4.78, 5) is 18.5. The first-order valence-electron chi connectivity index (χ1n) is 9.44. The van der Waals surface area contributed by atoms with Crippen molar-refractivity contribution in [1.82, 2.24) is 4.90 Å². The van der Waals surface area contributed by atoms with E-state index >= 15 is 0 Å². The molecule has 156 valence electrons. The zero-order valence-corrected chi connectivity index (χ0v) is 18.9. The van der Waals surface area contributed by atoms with Crippen LogP contribution in [0, 0.1) is 0 Å². The fraction of sp³-hybridized carbons (Fsp3) is 0.333. The van der Waals surface area contributed by atoms with Gasteiger partial charge in [-0.25, -0.2) is 9.79 Å². The number of hydrogen-bond acceptors (Lipinski definition) is 3. The van der Waals surface area contributed by atoms with Crippen LogP contribution in [0.2, 0.25) is 0 Å². The van der Waals surface area contributed by atoms with Crippen molar-refractivity contribution in [2.75, 3.05) is 30.8 Å². The van der Waals surface area contributed by atoms with Crippen LogP contribution >= 0.6 is 24.0 Å². The highest BCUT2D eigenvalue weighted by Crippen LogP contribution is 2.17. The standard InChI is InChI=1S/C21H27N5O2.HI/c1-28-15-17-8-2-3-10-19(17)25-20(22)23-14-16-7-6-9-18(13-16)24-21(27)26-11-4-5-12-26;/h2-3,6-10,13H,4-5,11-12,14-15H2,1H3,(H,24,27)(H3,22,23,25);1H. The summed E-state index contributed by atoms with van der Waals surface area (Å²) in [6.45, 7) is 2.55. The Morgan fingerprint density at radius 1 is 1.14 bits per heavy atom. The minimum absolute atomic E-state index is 0. The fourth-order valence-corrected chi connectivity index (χ4v) is 3.15. The topological polar surface area (TPSA) is 92.0 Å². The van der Waals surface area contributed by atoms with E-state index in [0.717, 1.165) is 48.4 Å². The molecule has 3 rings (SSSR count). The highest BCUT2D eigenvalue weighted by molar-refractivity contribution is 14.0. The van der Waals surface area contributed by atoms with E-state index in [2.05, 4.69) is 15.6 Å². The molecule has 8 heteroatoms. The number of carbonyl (C=O) groups is 1. The summed E-state index contributed by atoms with van der Waals surface area (Å²) < 4.78 is 5.20. The van der Waals surface area contributed by atoms with Gasteiger partial charge in [0.2, 0.25) is 0 Å². The summed E-state index contributed by atoms with van der Waals surface area (Å²) in [7, 11) is 1.66. The molecule has 0 saturated carbocycles. The SMILES string of the molecule is COCc1ccccc1NC(N)=NCc1cccc(NC(=O)N2CCCC2)c1.I. The molecule has 1 heterocycles. The molecule has 0 radical (unpaired) electrons. The minimum atomic E-state index is -0.0471. The zero-order valence-electron chi connectivity index (χ0n) is 16.6. The third-order valence-corrected chi connectivity index (χ3v) is 4.58. The van der Waals surface area contributed by atoms with Crippen molar-refractivity contribution in [1.29, 1.82) is 0 Å². The Hall–Kier alpha value is -2.33. The Morgan fingerprint density at radius 3 is 2.66 bits per heavy atom. The van der Waals surface area contributed by atoms with E-state index in [1.165, 1.54) is 0 Å². The number of guanidine groups is 1. The molecule has 29 heavy (non-hydrogen) atoms. The molecule has 0 aromatic heterocycles. The van der Waals surface area contributed by atoms with Crippen LogP contribution in [0.25, 0.3) is 0 Å². The molecule has 2 aromatic rings. The van der Waals surface area contributed by atoms with Crippen molar-refractivity contribution in [3.63, 3.8) is 0 Å². The van der Waals surface area contributed by atoms with Crippen LogP contribution in [-0.2, 0) is 17.9 Å². The van der Waals surface area contributed by atoms with E-state index in [-0.39, 0.29) is 30.0 Å². The van der Waals surface area contributed by atoms with Gasteiger partial charge in [-0.15, -0.1) is 24.0 Å². The number of anilines is 2. The van der Waals surface area contributed by atoms with E-state index in [1.807, 2.05) is 53.4 Å². The number of benzene rings is 2. The molecule has 0 unspecified atom stereocenters. The molecule has 4 N–H and O–H groups in total. The Bertz CT molecular complexity index is 837. The first kappa shape index (κ1) is 23.0. The quantitative estimate of drug-likeness (QED) is 0.312. The molecule has 7 nitrogen and oxygen atoms in total. The van der Waals surface area contributed by atoms with Crippen molar-refractivity contribution >= 4 is 47.3 Å². The van der Waals surface area contributed by atoms with Crippen LogP contribution in [-0.4, -0.2) is 37.1 Å². The third kappa shape index (κ3) is 6.90. The summed E-state index contributed by atoms with van der Waals surface area (Å²) in [5.41, 5.74) is 9.66. The number of halogens is 1. The first-order chi connectivity index (χ1) is 13.7. The van der Waals surface area contributed by atoms with Crippen molar-refractivity contribution in [3.8, 4) is 0 Å². The monoisotopic (exact) mass is 509 g/mol. The summed E-state index contributed by atoms with van der Waals surface area (Å²) in [6, 6.07) is 15.4. The van der Waals surface area contributed by atoms with Crippen LogP contribution in [0.3, 0.4) is 0 Å². The van der Waals surface area contributed by atoms with Crippen molar-refractivity contribution in [2.45, 2.75) is 26.0 Å². The fourth-order valence-electron chi connectivity index (χ4n) is 3.15. The normalized spacial score (nSPS) is 13.7. The molecular formula is C21H28IN5O2. The predicted octanol–water partition coefficient (Wildman–Crippen LogP) is 4.01. The summed E-state index contributed by atoms with van der Waals surface area (Å²) in [6.07, 6.45) is 2.14. The number of amides is 2. The average Bonchev–Trinajstić information content (AvgIpc) is 3.23. The van der Waals surface area contributed by atoms with Crippen molar-refractivity contribution in [3.05, 3.63) is 59.7 Å². The number of methoxy groups -OCH3 is 1. The minimum Gasteiger partial charge on any atom is -0.380 e. The van der Waals surface area contributed by atoms with Gasteiger partial charge < -0.3 is 26.0 Å². The Kier molecular flexibility index (Phi) is 9.20. The van der Waals surface area contributed by atoms with Crippen LogP contribution in [0.15, 0.2) is 53.5 Å². The van der Waals surface area contributed by atoms with Crippen LogP contribution < -0.4 is 16.4 Å². The highest BCUT2D eigenvalue weighted by Gasteiger charge is 2.17. The van der Waals surface area contributed by atoms with Crippen LogP contribution in [0.4, 0.5) is 16.2 Å². The molecule has 1 fully saturated rings. The molecular weight excluding hydrogens is 481 g/mol. The largest absolute Gasteiger partial charge is 0.380 e. The molecule has 2 amide bonds. The lowest BCUT2D eigenvalue weighted by Crippen LogP contribution is -2.32. The molecule has 1 aliphatic rings. The number of carbonyl (C=O) groups excluding carboxylic acids is 1. The maximum atomic E-state index is 12.2. The smallest absolute Gasteiger partial charge is 0.321 e. The average molecular weight is 509 g/mol. The zero-order chi connectivity index (χ0) is 19.8. The second kappa shape index (κ2) is 11.6. The number of nitrogens with zero attached hydrogens (tertiary/aromatic N) is 2. The van der Waals surface area contributed by atoms with E-state index in [9.17, 15) is 4.79 Å². The van der Waals surface area contributed by atoms with Gasteiger partial charge in [-0.2, -0.15) is 0 Å². The van der Waals surface area contributed by atoms with Gasteiger partial charge in [-0.3, -0.25) is 0 Å². The molecule has 0 aliphatic carbocycles. The number of urea groups is 1. The number of hydrogen-bond donors (Lipinski definition) is 3. The number of aliphatic imine (C=N–C) groups is 1. The van der Waals surface area contributed by atoms with Crippen molar-refractivity contribution < 1.29 is 9.53 Å². The van der Waals surface area contributed by atoms with Gasteiger partial charge in [-0.05, 0) is 36.6 Å². The van der Waals surface area contributed by atoms with Crippen LogP contribution in [0.5, 0.6) is 0 Å². The molecule has 1 saturated heterocycles. The summed E-state index contributed by atoms with van der Waals surface area (Å²) in [5.74, 6) is 0.329. The number of ether oxygens (including phenoxy) is 1. The maximum Gasteiger partial charge on any atom is 0.321 e. The Balaban J connectivity index is 0.00000300. The Labute approximate surface area is 188 Å². The molecule has 0 atom stereocenters. The highest BCUT2D eigenvalue weighted by atomic mass is 127. The lowest BCUT2D eigenvalue weighted by molar-refractivity contribution is 0.185. The van der Waals surface area contributed by atoms with Gasteiger partial charge >= 0.3 is 6.03 Å². The van der Waals surface area contributed by atoms with E-state index in [4.69, 9.17) is 10.5 Å². The lowest BCUT2D eigenvalue weighted by Gasteiger charge is -2.16. The van der Waals surface area contributed by atoms with Crippen LogP contribution in [0.1, 0.15) is 24.0 Å². The van der Waals surface area contributed by atoms with Gasteiger partial charge in [0.25, 0.3) is 0 Å². The predicted molar refractivity (Wildman–Crippen MR) is 128 cm³/mol. The number of rotatable bonds is 6. The third-order valence-electron chi connectivity index (χ3n) is 4.58. The van der Waals surface area contributed by atoms with Gasteiger partial charge in [0.1, 0.15) is 0 Å². The number of nitrogens with two attached hydrogens (primary N) is 1. The van der Waals surface area contributed by atoms with Gasteiger partial charge in [0, 0.05) is 37.1 Å². The van der Waals surface area contributed by atoms with E-state index < -0.39 is 0 Å². The Morgan fingerprint density at radius 2 is 1.90 bits per heavy atom. The maximum absolute atomic E-state index is 12.2. The first-order valence-corrected chi connectivity index (χ1v) is 9.44. The van der Waals surface area contributed by atoms with Crippen molar-refractivity contribution in [2.24, 2.45) is 10.7 Å². The summed E-state index contributed by atoms with van der Waals surface area (Å²) in [5, 5.41) is 6.07. The second-order valence-electron chi connectivity index (χ2n) is 6.74. The second-order valence-corrected chi connectivity index (χ2v) is 6.74. The number of nitrogens with one attached hydrogen (secondary N) is 2.